The van der Waals surface area contributed by atoms with E-state index in [0.29, 0.717) is 0 Å². The molecule has 0 atom stereocenters. The quantitative estimate of drug-likeness (QED) is 0.214. The number of fused-ring (bicyclic) bond motifs is 5. The summed E-state index contributed by atoms with van der Waals surface area (Å²) in [5, 5.41) is 8.55. The van der Waals surface area contributed by atoms with Crippen LogP contribution in [0.1, 0.15) is 0 Å². The Morgan fingerprint density at radius 2 is 1.12 bits per heavy atom. The summed E-state index contributed by atoms with van der Waals surface area (Å²) in [4.78, 5) is 7.23. The molecule has 0 spiro atoms. The van der Waals surface area contributed by atoms with Gasteiger partial charge in [-0.1, -0.05) is 103 Å². The number of rotatable bonds is 4. The van der Waals surface area contributed by atoms with Gasteiger partial charge in [-0.25, -0.2) is 0 Å². The van der Waals surface area contributed by atoms with E-state index in [1.54, 1.807) is 0 Å². The largest absolute Gasteiger partial charge is 0.310 e. The van der Waals surface area contributed by atoms with E-state index in [0.717, 1.165) is 33.5 Å². The lowest BCUT2D eigenvalue weighted by molar-refractivity contribution is 1.30. The Hall–Kier alpha value is -5.47. The maximum atomic E-state index is 4.86. The van der Waals surface area contributed by atoms with Crippen molar-refractivity contribution in [3.05, 3.63) is 158 Å². The third-order valence-corrected chi connectivity index (χ3v) is 8.01. The Balaban J connectivity index is 1.33. The molecule has 8 rings (SSSR count). The summed E-state index contributed by atoms with van der Waals surface area (Å²) in [5.41, 5.74) is 6.64. The van der Waals surface area contributed by atoms with Gasteiger partial charge in [0.15, 0.2) is 0 Å². The summed E-state index contributed by atoms with van der Waals surface area (Å²) in [7, 11) is 0. The molecule has 1 heterocycles. The SMILES string of the molecule is c1ccc(N(c2ccc3ncc(-c4ccc5ccccc5c4)cc3c2)c2cccc3ccc4ccccc4c23)cc1. The molecule has 2 nitrogen and oxygen atoms in total. The number of para-hydroxylation sites is 1. The summed E-state index contributed by atoms with van der Waals surface area (Å²) in [6.07, 6.45) is 1.98. The van der Waals surface area contributed by atoms with Crippen LogP contribution in [-0.2, 0) is 0 Å². The highest BCUT2D eigenvalue weighted by atomic mass is 15.1. The van der Waals surface area contributed by atoms with Crippen LogP contribution in [0.25, 0.3) is 54.3 Å². The van der Waals surface area contributed by atoms with Crippen molar-refractivity contribution in [3.63, 3.8) is 0 Å². The van der Waals surface area contributed by atoms with Gasteiger partial charge in [-0.05, 0) is 81.0 Å². The first-order valence-electron chi connectivity index (χ1n) is 14.0. The molecule has 1 aromatic heterocycles. The van der Waals surface area contributed by atoms with E-state index in [1.807, 2.05) is 6.20 Å². The van der Waals surface area contributed by atoms with Crippen molar-refractivity contribution in [2.24, 2.45) is 0 Å². The van der Waals surface area contributed by atoms with Crippen LogP contribution < -0.4 is 4.90 Å². The van der Waals surface area contributed by atoms with Crippen molar-refractivity contribution in [1.29, 1.82) is 0 Å². The molecule has 8 aromatic rings. The molecule has 7 aromatic carbocycles. The molecule has 192 valence electrons. The Morgan fingerprint density at radius 1 is 0.415 bits per heavy atom. The molecular weight excluding hydrogens is 496 g/mol. The van der Waals surface area contributed by atoms with Crippen molar-refractivity contribution < 1.29 is 0 Å². The molecule has 0 aliphatic carbocycles. The number of aromatic nitrogens is 1. The zero-order valence-corrected chi connectivity index (χ0v) is 22.4. The first-order valence-corrected chi connectivity index (χ1v) is 14.0. The van der Waals surface area contributed by atoms with Gasteiger partial charge >= 0.3 is 0 Å². The van der Waals surface area contributed by atoms with Crippen molar-refractivity contribution in [1.82, 2.24) is 4.98 Å². The number of benzene rings is 7. The van der Waals surface area contributed by atoms with Gasteiger partial charge in [-0.15, -0.1) is 0 Å². The molecule has 0 saturated heterocycles. The van der Waals surface area contributed by atoms with E-state index in [-0.39, 0.29) is 0 Å². The van der Waals surface area contributed by atoms with Crippen molar-refractivity contribution in [2.75, 3.05) is 4.90 Å². The third-order valence-electron chi connectivity index (χ3n) is 8.01. The zero-order chi connectivity index (χ0) is 27.2. The fourth-order valence-electron chi connectivity index (χ4n) is 6.01. The average molecular weight is 523 g/mol. The van der Waals surface area contributed by atoms with Crippen LogP contribution in [0.5, 0.6) is 0 Å². The first-order chi connectivity index (χ1) is 20.3. The van der Waals surface area contributed by atoms with E-state index >= 15 is 0 Å². The van der Waals surface area contributed by atoms with Gasteiger partial charge in [0, 0.05) is 33.9 Å². The highest BCUT2D eigenvalue weighted by Gasteiger charge is 2.17. The van der Waals surface area contributed by atoms with Crippen LogP contribution in [0.2, 0.25) is 0 Å². The maximum Gasteiger partial charge on any atom is 0.0703 e. The fraction of sp³-hybridized carbons (Fsp3) is 0. The van der Waals surface area contributed by atoms with Crippen LogP contribution in [0.15, 0.2) is 158 Å². The van der Waals surface area contributed by atoms with E-state index in [4.69, 9.17) is 4.98 Å². The highest BCUT2D eigenvalue weighted by molar-refractivity contribution is 6.15. The van der Waals surface area contributed by atoms with Gasteiger partial charge in [0.2, 0.25) is 0 Å². The number of nitrogens with zero attached hydrogens (tertiary/aromatic N) is 2. The lowest BCUT2D eigenvalue weighted by atomic mass is 9.99. The smallest absolute Gasteiger partial charge is 0.0703 e. The summed E-state index contributed by atoms with van der Waals surface area (Å²) in [6, 6.07) is 54.3. The Morgan fingerprint density at radius 3 is 2.02 bits per heavy atom. The Bertz CT molecular complexity index is 2220. The molecule has 0 fully saturated rings. The minimum Gasteiger partial charge on any atom is -0.310 e. The minimum absolute atomic E-state index is 0.981. The van der Waals surface area contributed by atoms with E-state index in [1.165, 1.54) is 37.9 Å². The Kier molecular flexibility index (Phi) is 5.49. The summed E-state index contributed by atoms with van der Waals surface area (Å²) < 4.78 is 0. The van der Waals surface area contributed by atoms with Crippen LogP contribution >= 0.6 is 0 Å². The minimum atomic E-state index is 0.981. The molecule has 0 amide bonds. The number of pyridine rings is 1. The third kappa shape index (κ3) is 4.09. The number of hydrogen-bond donors (Lipinski definition) is 0. The number of hydrogen-bond acceptors (Lipinski definition) is 2. The van der Waals surface area contributed by atoms with Crippen LogP contribution in [0.3, 0.4) is 0 Å². The van der Waals surface area contributed by atoms with Crippen molar-refractivity contribution >= 4 is 60.3 Å². The van der Waals surface area contributed by atoms with E-state index in [9.17, 15) is 0 Å². The van der Waals surface area contributed by atoms with Gasteiger partial charge in [0.1, 0.15) is 0 Å². The first kappa shape index (κ1) is 23.4. The fourth-order valence-corrected chi connectivity index (χ4v) is 6.01. The van der Waals surface area contributed by atoms with Gasteiger partial charge in [-0.3, -0.25) is 4.98 Å². The predicted molar refractivity (Wildman–Crippen MR) is 174 cm³/mol. The lowest BCUT2D eigenvalue weighted by Crippen LogP contribution is -2.10. The van der Waals surface area contributed by atoms with Gasteiger partial charge in [0.25, 0.3) is 0 Å². The summed E-state index contributed by atoms with van der Waals surface area (Å²) in [5.74, 6) is 0. The second kappa shape index (κ2) is 9.62. The molecule has 0 saturated carbocycles. The molecule has 41 heavy (non-hydrogen) atoms. The molecule has 0 radical (unpaired) electrons. The predicted octanol–water partition coefficient (Wildman–Crippen LogP) is 10.8. The lowest BCUT2D eigenvalue weighted by Gasteiger charge is -2.27. The van der Waals surface area contributed by atoms with Gasteiger partial charge in [0.05, 0.1) is 11.2 Å². The summed E-state index contributed by atoms with van der Waals surface area (Å²) in [6.45, 7) is 0. The second-order valence-electron chi connectivity index (χ2n) is 10.5. The van der Waals surface area contributed by atoms with Gasteiger partial charge in [-0.2, -0.15) is 0 Å². The molecule has 0 bridgehead atoms. The second-order valence-corrected chi connectivity index (χ2v) is 10.5. The molecule has 0 aliphatic heterocycles. The molecule has 2 heteroatoms. The maximum absolute atomic E-state index is 4.86. The standard InChI is InChI=1S/C39H26N2/c1-2-13-34(14-3-1)41(38-16-8-12-29-19-18-28-10-6-7-15-36(28)39(29)38)35-21-22-37-32(25-35)24-33(26-40-37)31-20-17-27-9-4-5-11-30(27)23-31/h1-26H. The van der Waals surface area contributed by atoms with Crippen molar-refractivity contribution in [2.45, 2.75) is 0 Å². The van der Waals surface area contributed by atoms with Crippen LogP contribution in [0.4, 0.5) is 17.1 Å². The summed E-state index contributed by atoms with van der Waals surface area (Å²) >= 11 is 0. The molecule has 0 aliphatic rings. The van der Waals surface area contributed by atoms with Crippen LogP contribution in [-0.4, -0.2) is 4.98 Å². The topological polar surface area (TPSA) is 16.1 Å². The van der Waals surface area contributed by atoms with Crippen molar-refractivity contribution in [3.8, 4) is 11.1 Å². The van der Waals surface area contributed by atoms with E-state index in [2.05, 4.69) is 157 Å². The molecule has 0 N–H and O–H groups in total. The Labute approximate surface area is 238 Å². The molecular formula is C39H26N2. The van der Waals surface area contributed by atoms with E-state index < -0.39 is 0 Å². The van der Waals surface area contributed by atoms with Gasteiger partial charge < -0.3 is 4.90 Å². The monoisotopic (exact) mass is 522 g/mol. The average Bonchev–Trinajstić information content (AvgIpc) is 3.05. The normalized spacial score (nSPS) is 11.4. The zero-order valence-electron chi connectivity index (χ0n) is 22.4. The molecule has 0 unspecified atom stereocenters. The highest BCUT2D eigenvalue weighted by Crippen LogP contribution is 2.42. The van der Waals surface area contributed by atoms with Crippen LogP contribution in [0, 0.1) is 0 Å². The number of anilines is 3.